The Bertz CT molecular complexity index is 221. The zero-order valence-corrected chi connectivity index (χ0v) is 8.43. The van der Waals surface area contributed by atoms with Gasteiger partial charge in [-0.2, -0.15) is 0 Å². The highest BCUT2D eigenvalue weighted by Crippen LogP contribution is 2.32. The number of carbonyl (C=O) groups is 1. The highest BCUT2D eigenvalue weighted by Gasteiger charge is 2.42. The third-order valence-electron chi connectivity index (χ3n) is 2.55. The molecule has 0 bridgehead atoms. The Morgan fingerprint density at radius 3 is 2.79 bits per heavy atom. The number of hydrogen-bond donors (Lipinski definition) is 0. The van der Waals surface area contributed by atoms with Crippen molar-refractivity contribution in [1.82, 2.24) is 4.90 Å². The van der Waals surface area contributed by atoms with Gasteiger partial charge in [-0.25, -0.2) is 8.78 Å². The Morgan fingerprint density at radius 2 is 2.29 bits per heavy atom. The molecule has 0 radical (unpaired) electrons. The molecule has 1 unspecified atom stereocenters. The molecule has 82 valence electrons. The molecule has 0 aromatic heterocycles. The van der Waals surface area contributed by atoms with Crippen molar-refractivity contribution in [2.75, 3.05) is 26.8 Å². The van der Waals surface area contributed by atoms with Gasteiger partial charge in [0.1, 0.15) is 6.61 Å². The van der Waals surface area contributed by atoms with Crippen molar-refractivity contribution in [2.24, 2.45) is 5.92 Å². The smallest absolute Gasteiger partial charge is 0.254 e. The predicted molar refractivity (Wildman–Crippen MR) is 47.2 cm³/mol. The lowest BCUT2D eigenvalue weighted by Crippen LogP contribution is -2.49. The van der Waals surface area contributed by atoms with Gasteiger partial charge < -0.3 is 9.64 Å². The number of rotatable bonds is 2. The van der Waals surface area contributed by atoms with Gasteiger partial charge in [0, 0.05) is 32.5 Å². The van der Waals surface area contributed by atoms with E-state index < -0.39 is 11.8 Å². The number of carbonyl (C=O) groups excluding carboxylic acids is 1. The molecule has 0 aromatic rings. The molecule has 5 heteroatoms. The predicted octanol–water partition coefficient (Wildman–Crippen LogP) is 1.14. The average molecular weight is 207 g/mol. The van der Waals surface area contributed by atoms with Crippen molar-refractivity contribution in [3.63, 3.8) is 0 Å². The second-order valence-corrected chi connectivity index (χ2v) is 3.68. The molecule has 1 rings (SSSR count). The highest BCUT2D eigenvalue weighted by molar-refractivity contribution is 5.77. The minimum Gasteiger partial charge on any atom is -0.375 e. The van der Waals surface area contributed by atoms with Gasteiger partial charge in [0.25, 0.3) is 5.92 Å². The molecule has 1 saturated heterocycles. The first-order valence-electron chi connectivity index (χ1n) is 4.62. The normalized spacial score (nSPS) is 26.3. The van der Waals surface area contributed by atoms with Crippen LogP contribution in [-0.4, -0.2) is 43.5 Å². The Morgan fingerprint density at radius 1 is 1.64 bits per heavy atom. The first-order chi connectivity index (χ1) is 6.47. The van der Waals surface area contributed by atoms with Gasteiger partial charge in [-0.1, -0.05) is 6.92 Å². The molecule has 0 aliphatic carbocycles. The summed E-state index contributed by atoms with van der Waals surface area (Å²) in [6.07, 6.45) is -0.246. The first-order valence-corrected chi connectivity index (χ1v) is 4.62. The summed E-state index contributed by atoms with van der Waals surface area (Å²) >= 11 is 0. The molecule has 0 aromatic carbocycles. The summed E-state index contributed by atoms with van der Waals surface area (Å²) in [6, 6.07) is 0. The van der Waals surface area contributed by atoms with E-state index in [1.807, 2.05) is 0 Å². The Hall–Kier alpha value is -0.710. The Labute approximate surface area is 82.0 Å². The lowest BCUT2D eigenvalue weighted by atomic mass is 9.95. The van der Waals surface area contributed by atoms with Crippen LogP contribution in [0.2, 0.25) is 0 Å². The fraction of sp³-hybridized carbons (Fsp3) is 0.889. The lowest BCUT2D eigenvalue weighted by Gasteiger charge is -2.36. The zero-order chi connectivity index (χ0) is 10.8. The van der Waals surface area contributed by atoms with E-state index in [9.17, 15) is 13.6 Å². The van der Waals surface area contributed by atoms with E-state index in [-0.39, 0.29) is 32.0 Å². The Balaban J connectivity index is 2.50. The maximum Gasteiger partial charge on any atom is 0.254 e. The van der Waals surface area contributed by atoms with Crippen LogP contribution in [-0.2, 0) is 9.53 Å². The summed E-state index contributed by atoms with van der Waals surface area (Å²) < 4.78 is 30.8. The summed E-state index contributed by atoms with van der Waals surface area (Å²) in [4.78, 5) is 12.7. The zero-order valence-electron chi connectivity index (χ0n) is 8.43. The van der Waals surface area contributed by atoms with Gasteiger partial charge >= 0.3 is 0 Å². The van der Waals surface area contributed by atoms with Crippen LogP contribution in [0.3, 0.4) is 0 Å². The van der Waals surface area contributed by atoms with Crippen molar-refractivity contribution in [3.05, 3.63) is 0 Å². The van der Waals surface area contributed by atoms with Crippen LogP contribution in [0.4, 0.5) is 8.78 Å². The summed E-state index contributed by atoms with van der Waals surface area (Å²) in [7, 11) is 1.42. The van der Waals surface area contributed by atoms with E-state index in [0.717, 1.165) is 0 Å². The van der Waals surface area contributed by atoms with Crippen LogP contribution in [0.5, 0.6) is 0 Å². The van der Waals surface area contributed by atoms with E-state index in [1.165, 1.54) is 18.9 Å². The Kier molecular flexibility index (Phi) is 3.42. The molecule has 1 fully saturated rings. The van der Waals surface area contributed by atoms with E-state index in [1.54, 1.807) is 0 Å². The van der Waals surface area contributed by atoms with Gasteiger partial charge in [0.05, 0.1) is 0 Å². The van der Waals surface area contributed by atoms with Crippen LogP contribution in [0.1, 0.15) is 13.3 Å². The topological polar surface area (TPSA) is 29.5 Å². The monoisotopic (exact) mass is 207 g/mol. The molecule has 1 aliphatic rings. The van der Waals surface area contributed by atoms with Gasteiger partial charge in [0.15, 0.2) is 0 Å². The largest absolute Gasteiger partial charge is 0.375 e. The first kappa shape index (κ1) is 11.4. The number of nitrogens with zero attached hydrogens (tertiary/aromatic N) is 1. The maximum atomic E-state index is 13.1. The lowest BCUT2D eigenvalue weighted by molar-refractivity contribution is -0.147. The van der Waals surface area contributed by atoms with Crippen molar-refractivity contribution < 1.29 is 18.3 Å². The van der Waals surface area contributed by atoms with Crippen molar-refractivity contribution in [2.45, 2.75) is 19.3 Å². The van der Waals surface area contributed by atoms with E-state index >= 15 is 0 Å². The molecule has 0 N–H and O–H groups in total. The minimum atomic E-state index is -2.64. The number of hydrogen-bond acceptors (Lipinski definition) is 2. The number of amides is 1. The van der Waals surface area contributed by atoms with Gasteiger partial charge in [-0.15, -0.1) is 0 Å². The van der Waals surface area contributed by atoms with Crippen molar-refractivity contribution in [3.8, 4) is 0 Å². The van der Waals surface area contributed by atoms with E-state index in [4.69, 9.17) is 0 Å². The van der Waals surface area contributed by atoms with Crippen LogP contribution in [0.25, 0.3) is 0 Å². The summed E-state index contributed by atoms with van der Waals surface area (Å²) in [5, 5.41) is 0. The molecular weight excluding hydrogens is 192 g/mol. The SMILES string of the molecule is COCC(=O)N1CCC(F)(F)C(C)C1. The summed E-state index contributed by atoms with van der Waals surface area (Å²) in [5.41, 5.74) is 0. The van der Waals surface area contributed by atoms with Gasteiger partial charge in [0.2, 0.25) is 5.91 Å². The fourth-order valence-electron chi connectivity index (χ4n) is 1.53. The molecule has 1 heterocycles. The molecule has 1 atom stereocenters. The maximum absolute atomic E-state index is 13.1. The standard InChI is InChI=1S/C9H15F2NO2/c1-7-5-12(8(13)6-14-2)4-3-9(7,10)11/h7H,3-6H2,1-2H3. The van der Waals surface area contributed by atoms with Crippen LogP contribution in [0.15, 0.2) is 0 Å². The number of halogens is 2. The average Bonchev–Trinajstić information content (AvgIpc) is 2.10. The second kappa shape index (κ2) is 4.21. The summed E-state index contributed by atoms with van der Waals surface area (Å²) in [6.45, 7) is 1.68. The second-order valence-electron chi connectivity index (χ2n) is 3.68. The summed E-state index contributed by atoms with van der Waals surface area (Å²) in [5.74, 6) is -3.61. The van der Waals surface area contributed by atoms with Crippen molar-refractivity contribution in [1.29, 1.82) is 0 Å². The number of piperidine rings is 1. The van der Waals surface area contributed by atoms with Gasteiger partial charge in [-0.05, 0) is 0 Å². The third-order valence-corrected chi connectivity index (χ3v) is 2.55. The van der Waals surface area contributed by atoms with Crippen LogP contribution >= 0.6 is 0 Å². The number of methoxy groups -OCH3 is 1. The van der Waals surface area contributed by atoms with E-state index in [0.29, 0.717) is 0 Å². The van der Waals surface area contributed by atoms with E-state index in [2.05, 4.69) is 4.74 Å². The molecule has 3 nitrogen and oxygen atoms in total. The molecule has 1 amide bonds. The number of likely N-dealkylation sites (tertiary alicyclic amines) is 1. The number of alkyl halides is 2. The molecule has 14 heavy (non-hydrogen) atoms. The van der Waals surface area contributed by atoms with Crippen LogP contribution in [0, 0.1) is 5.92 Å². The molecule has 1 aliphatic heterocycles. The molecule has 0 spiro atoms. The number of ether oxygens (including phenoxy) is 1. The quantitative estimate of drug-likeness (QED) is 0.679. The van der Waals surface area contributed by atoms with Gasteiger partial charge in [-0.3, -0.25) is 4.79 Å². The third kappa shape index (κ3) is 2.41. The molecular formula is C9H15F2NO2. The van der Waals surface area contributed by atoms with Crippen molar-refractivity contribution >= 4 is 5.91 Å². The highest BCUT2D eigenvalue weighted by atomic mass is 19.3. The fourth-order valence-corrected chi connectivity index (χ4v) is 1.53. The molecule has 0 saturated carbocycles. The minimum absolute atomic E-state index is 0.0295. The van der Waals surface area contributed by atoms with Crippen LogP contribution < -0.4 is 0 Å².